The fourth-order valence-corrected chi connectivity index (χ4v) is 2.65. The molecule has 0 aliphatic carbocycles. The van der Waals surface area contributed by atoms with Crippen molar-refractivity contribution in [2.24, 2.45) is 0 Å². The Labute approximate surface area is 103 Å². The minimum absolute atomic E-state index is 0.0798. The number of hydrogen-bond acceptors (Lipinski definition) is 1. The Kier molecular flexibility index (Phi) is 3.26. The van der Waals surface area contributed by atoms with E-state index in [9.17, 15) is 4.39 Å². The molecule has 1 aliphatic rings. The summed E-state index contributed by atoms with van der Waals surface area (Å²) >= 11 is 0. The minimum atomic E-state index is -1.14. The van der Waals surface area contributed by atoms with Crippen LogP contribution >= 0.6 is 0 Å². The smallest absolute Gasteiger partial charge is 0.109 e. The first-order valence-corrected chi connectivity index (χ1v) is 6.42. The summed E-state index contributed by atoms with van der Waals surface area (Å²) in [5.74, 6) is 0. The maximum absolute atomic E-state index is 13.7. The third kappa shape index (κ3) is 3.06. The Morgan fingerprint density at radius 2 is 2.18 bits per heavy atom. The molecule has 1 N–H and O–H groups in total. The van der Waals surface area contributed by atoms with Crippen molar-refractivity contribution in [3.63, 3.8) is 0 Å². The number of halogens is 1. The third-order valence-electron chi connectivity index (χ3n) is 3.56. The predicted molar refractivity (Wildman–Crippen MR) is 69.9 cm³/mol. The molecule has 0 bridgehead atoms. The number of benzene rings is 1. The minimum Gasteiger partial charge on any atom is -0.308 e. The van der Waals surface area contributed by atoms with Gasteiger partial charge in [0.1, 0.15) is 5.67 Å². The van der Waals surface area contributed by atoms with E-state index in [1.165, 1.54) is 12.0 Å². The van der Waals surface area contributed by atoms with Crippen molar-refractivity contribution in [2.75, 3.05) is 6.54 Å². The average Bonchev–Trinajstić information content (AvgIpc) is 2.64. The summed E-state index contributed by atoms with van der Waals surface area (Å²) in [5, 5.41) is 3.55. The van der Waals surface area contributed by atoms with E-state index in [-0.39, 0.29) is 5.54 Å². The molecule has 0 aromatic heterocycles. The van der Waals surface area contributed by atoms with Gasteiger partial charge in [-0.3, -0.25) is 0 Å². The van der Waals surface area contributed by atoms with Gasteiger partial charge in [-0.15, -0.1) is 0 Å². The van der Waals surface area contributed by atoms with Crippen molar-refractivity contribution in [1.29, 1.82) is 0 Å². The molecule has 1 heterocycles. The van der Waals surface area contributed by atoms with Gasteiger partial charge in [-0.05, 0) is 51.3 Å². The van der Waals surface area contributed by atoms with Gasteiger partial charge in [0, 0.05) is 12.0 Å². The summed E-state index contributed by atoms with van der Waals surface area (Å²) in [5.41, 5.74) is 1.32. The molecule has 1 fully saturated rings. The second-order valence-electron chi connectivity index (χ2n) is 5.96. The van der Waals surface area contributed by atoms with Gasteiger partial charge >= 0.3 is 0 Å². The lowest BCUT2D eigenvalue weighted by atomic mass is 9.88. The largest absolute Gasteiger partial charge is 0.308 e. The molecule has 1 nitrogen and oxygen atoms in total. The van der Waals surface area contributed by atoms with Crippen LogP contribution in [0.5, 0.6) is 0 Å². The van der Waals surface area contributed by atoms with E-state index in [4.69, 9.17) is 0 Å². The second-order valence-corrected chi connectivity index (χ2v) is 5.96. The van der Waals surface area contributed by atoms with Crippen molar-refractivity contribution < 1.29 is 4.39 Å². The Morgan fingerprint density at radius 1 is 1.41 bits per heavy atom. The van der Waals surface area contributed by atoms with E-state index in [0.29, 0.717) is 6.42 Å². The summed E-state index contributed by atoms with van der Waals surface area (Å²) in [7, 11) is 0. The average molecular weight is 235 g/mol. The lowest BCUT2D eigenvalue weighted by Gasteiger charge is -2.26. The van der Waals surface area contributed by atoms with E-state index >= 15 is 0 Å². The molecule has 1 unspecified atom stereocenters. The fraction of sp³-hybridized carbons (Fsp3) is 0.600. The van der Waals surface area contributed by atoms with Gasteiger partial charge in [0.05, 0.1) is 0 Å². The quantitative estimate of drug-likeness (QED) is 0.844. The van der Waals surface area contributed by atoms with Gasteiger partial charge in [0.15, 0.2) is 0 Å². The third-order valence-corrected chi connectivity index (χ3v) is 3.56. The fourth-order valence-electron chi connectivity index (χ4n) is 2.65. The highest BCUT2D eigenvalue weighted by Gasteiger charge is 2.30. The summed E-state index contributed by atoms with van der Waals surface area (Å²) in [6, 6.07) is 8.36. The molecule has 1 saturated heterocycles. The molecule has 1 atom stereocenters. The second kappa shape index (κ2) is 4.41. The Morgan fingerprint density at radius 3 is 2.76 bits per heavy atom. The van der Waals surface area contributed by atoms with E-state index in [1.807, 2.05) is 12.1 Å². The first kappa shape index (κ1) is 12.6. The molecule has 0 spiro atoms. The van der Waals surface area contributed by atoms with E-state index in [0.717, 1.165) is 18.5 Å². The van der Waals surface area contributed by atoms with Crippen LogP contribution in [0.25, 0.3) is 0 Å². The van der Waals surface area contributed by atoms with Crippen LogP contribution in [0.4, 0.5) is 4.39 Å². The monoisotopic (exact) mass is 235 g/mol. The van der Waals surface area contributed by atoms with Gasteiger partial charge < -0.3 is 5.32 Å². The maximum Gasteiger partial charge on any atom is 0.109 e. The molecule has 1 aliphatic heterocycles. The SMILES string of the molecule is CC(C)(F)Cc1cccc(C2(C)CCCN2)c1. The highest BCUT2D eigenvalue weighted by Crippen LogP contribution is 2.31. The number of hydrogen-bond donors (Lipinski definition) is 1. The van der Waals surface area contributed by atoms with Crippen LogP contribution in [0.15, 0.2) is 24.3 Å². The molecule has 0 radical (unpaired) electrons. The summed E-state index contributed by atoms with van der Waals surface area (Å²) in [6.07, 6.45) is 2.86. The predicted octanol–water partition coefficient (Wildman–Crippen LogP) is 3.58. The standard InChI is InChI=1S/C15H22FN/c1-14(2,16)11-12-6-4-7-13(10-12)15(3)8-5-9-17-15/h4,6-7,10,17H,5,8-9,11H2,1-3H3. The molecule has 1 aromatic carbocycles. The Bertz CT molecular complexity index is 386. The highest BCUT2D eigenvalue weighted by atomic mass is 19.1. The van der Waals surface area contributed by atoms with Crippen LogP contribution in [0.1, 0.15) is 44.7 Å². The van der Waals surface area contributed by atoms with E-state index in [2.05, 4.69) is 24.4 Å². The zero-order chi connectivity index (χ0) is 12.5. The first-order chi connectivity index (χ1) is 7.89. The van der Waals surface area contributed by atoms with Crippen molar-refractivity contribution in [3.05, 3.63) is 35.4 Å². The first-order valence-electron chi connectivity index (χ1n) is 6.42. The van der Waals surface area contributed by atoms with Crippen LogP contribution in [0.2, 0.25) is 0 Å². The normalized spacial score (nSPS) is 25.2. The summed E-state index contributed by atoms with van der Waals surface area (Å²) < 4.78 is 13.7. The summed E-state index contributed by atoms with van der Waals surface area (Å²) in [6.45, 7) is 6.58. The Hall–Kier alpha value is -0.890. The molecule has 2 rings (SSSR count). The van der Waals surface area contributed by atoms with E-state index < -0.39 is 5.67 Å². The van der Waals surface area contributed by atoms with Gasteiger partial charge in [-0.1, -0.05) is 24.3 Å². The highest BCUT2D eigenvalue weighted by molar-refractivity contribution is 5.30. The lowest BCUT2D eigenvalue weighted by Crippen LogP contribution is -2.33. The number of alkyl halides is 1. The van der Waals surface area contributed by atoms with Crippen molar-refractivity contribution >= 4 is 0 Å². The van der Waals surface area contributed by atoms with Gasteiger partial charge in [-0.2, -0.15) is 0 Å². The maximum atomic E-state index is 13.7. The molecule has 1 aromatic rings. The van der Waals surface area contributed by atoms with Gasteiger partial charge in [-0.25, -0.2) is 4.39 Å². The zero-order valence-corrected chi connectivity index (χ0v) is 11.0. The summed E-state index contributed by atoms with van der Waals surface area (Å²) in [4.78, 5) is 0. The van der Waals surface area contributed by atoms with Crippen LogP contribution in [-0.2, 0) is 12.0 Å². The number of rotatable bonds is 3. The zero-order valence-electron chi connectivity index (χ0n) is 11.0. The molecule has 17 heavy (non-hydrogen) atoms. The van der Waals surface area contributed by atoms with Crippen LogP contribution in [0, 0.1) is 0 Å². The molecule has 94 valence electrons. The topological polar surface area (TPSA) is 12.0 Å². The molecular weight excluding hydrogens is 213 g/mol. The van der Waals surface area contributed by atoms with Gasteiger partial charge in [0.2, 0.25) is 0 Å². The van der Waals surface area contributed by atoms with E-state index in [1.54, 1.807) is 13.8 Å². The van der Waals surface area contributed by atoms with Crippen LogP contribution < -0.4 is 5.32 Å². The van der Waals surface area contributed by atoms with Crippen molar-refractivity contribution in [2.45, 2.75) is 51.2 Å². The van der Waals surface area contributed by atoms with Gasteiger partial charge in [0.25, 0.3) is 0 Å². The number of nitrogens with one attached hydrogen (secondary N) is 1. The molecule has 2 heteroatoms. The van der Waals surface area contributed by atoms with Crippen LogP contribution in [0.3, 0.4) is 0 Å². The lowest BCUT2D eigenvalue weighted by molar-refractivity contribution is 0.217. The van der Waals surface area contributed by atoms with Crippen molar-refractivity contribution in [3.8, 4) is 0 Å². The molecular formula is C15H22FN. The molecule has 0 amide bonds. The Balaban J connectivity index is 2.22. The van der Waals surface area contributed by atoms with Crippen molar-refractivity contribution in [1.82, 2.24) is 5.32 Å². The molecule has 0 saturated carbocycles. The van der Waals surface area contributed by atoms with Crippen LogP contribution in [-0.4, -0.2) is 12.2 Å².